The zero-order valence-electron chi connectivity index (χ0n) is 15.1. The van der Waals surface area contributed by atoms with E-state index in [4.69, 9.17) is 0 Å². The molecule has 1 fully saturated rings. The molecule has 1 aliphatic heterocycles. The fourth-order valence-corrected chi connectivity index (χ4v) is 4.86. The number of halogens is 3. The Labute approximate surface area is 163 Å². The molecule has 0 saturated carbocycles. The molecule has 13 heteroatoms. The Morgan fingerprint density at radius 1 is 1.32 bits per heavy atom. The summed E-state index contributed by atoms with van der Waals surface area (Å²) in [6.07, 6.45) is 2.19. The molecule has 3 heterocycles. The van der Waals surface area contributed by atoms with Crippen LogP contribution in [-0.4, -0.2) is 52.5 Å². The Hall–Kier alpha value is -1.73. The van der Waals surface area contributed by atoms with E-state index in [0.717, 1.165) is 6.42 Å². The van der Waals surface area contributed by atoms with E-state index in [0.29, 0.717) is 45.9 Å². The van der Waals surface area contributed by atoms with Crippen molar-refractivity contribution in [1.82, 2.24) is 18.9 Å². The van der Waals surface area contributed by atoms with E-state index in [-0.39, 0.29) is 24.6 Å². The molecule has 0 aromatic carbocycles. The van der Waals surface area contributed by atoms with E-state index >= 15 is 0 Å². The van der Waals surface area contributed by atoms with Crippen LogP contribution in [0.5, 0.6) is 0 Å². The predicted octanol–water partition coefficient (Wildman–Crippen LogP) is 2.08. The summed E-state index contributed by atoms with van der Waals surface area (Å²) in [6.45, 7) is 2.08. The highest BCUT2D eigenvalue weighted by Crippen LogP contribution is 2.30. The summed E-state index contributed by atoms with van der Waals surface area (Å²) in [5, 5.41) is 7.75. The molecule has 156 valence electrons. The molecular weight excluding hydrogens is 419 g/mol. The fourth-order valence-electron chi connectivity index (χ4n) is 3.04. The van der Waals surface area contributed by atoms with Crippen molar-refractivity contribution < 1.29 is 21.6 Å². The maximum atomic E-state index is 12.6. The molecule has 1 saturated heterocycles. The summed E-state index contributed by atoms with van der Waals surface area (Å²) in [7, 11) is -5.26. The number of alkyl halides is 3. The van der Waals surface area contributed by atoms with Gasteiger partial charge >= 0.3 is 15.5 Å². The summed E-state index contributed by atoms with van der Waals surface area (Å²) in [5.74, 6) is 0.00651. The number of hydrogen-bond donors (Lipinski definition) is 1. The van der Waals surface area contributed by atoms with Crippen molar-refractivity contribution in [2.24, 2.45) is 5.92 Å². The van der Waals surface area contributed by atoms with Crippen LogP contribution in [0.1, 0.15) is 31.9 Å². The Morgan fingerprint density at radius 3 is 2.61 bits per heavy atom. The molecule has 3 rings (SSSR count). The summed E-state index contributed by atoms with van der Waals surface area (Å²) in [5.41, 5.74) is -4.82. The van der Waals surface area contributed by atoms with Crippen molar-refractivity contribution in [1.29, 1.82) is 0 Å². The van der Waals surface area contributed by atoms with Crippen molar-refractivity contribution in [3.05, 3.63) is 22.1 Å². The molecule has 2 aromatic heterocycles. The molecule has 0 atom stereocenters. The van der Waals surface area contributed by atoms with E-state index in [2.05, 4.69) is 15.4 Å². The average Bonchev–Trinajstić information content (AvgIpc) is 3.03. The SMILES string of the molecule is CCCc1cc(=O)n2nc(NCC3CCN(S(=O)(=O)C(F)(F)F)CC3)sc2n1. The van der Waals surface area contributed by atoms with Gasteiger partial charge in [0.2, 0.25) is 10.1 Å². The number of sulfonamides is 1. The van der Waals surface area contributed by atoms with Crippen molar-refractivity contribution >= 4 is 31.5 Å². The van der Waals surface area contributed by atoms with Crippen LogP contribution in [0.4, 0.5) is 18.3 Å². The molecule has 0 bridgehead atoms. The van der Waals surface area contributed by atoms with Crippen LogP contribution in [0.2, 0.25) is 0 Å². The minimum atomic E-state index is -5.27. The monoisotopic (exact) mass is 439 g/mol. The summed E-state index contributed by atoms with van der Waals surface area (Å²) in [6, 6.07) is 1.46. The van der Waals surface area contributed by atoms with E-state index in [9.17, 15) is 26.4 Å². The Bertz CT molecular complexity index is 994. The number of anilines is 1. The van der Waals surface area contributed by atoms with Gasteiger partial charge in [0.15, 0.2) is 0 Å². The van der Waals surface area contributed by atoms with Gasteiger partial charge in [-0.25, -0.2) is 13.4 Å². The summed E-state index contributed by atoms with van der Waals surface area (Å²) < 4.78 is 62.4. The molecule has 0 spiro atoms. The highest BCUT2D eigenvalue weighted by Gasteiger charge is 2.50. The van der Waals surface area contributed by atoms with Gasteiger partial charge in [0.1, 0.15) is 0 Å². The minimum Gasteiger partial charge on any atom is -0.360 e. The van der Waals surface area contributed by atoms with Gasteiger partial charge in [-0.3, -0.25) is 4.79 Å². The molecule has 0 aliphatic carbocycles. The third-order valence-corrected chi connectivity index (χ3v) is 7.05. The second kappa shape index (κ2) is 7.95. The molecule has 0 radical (unpaired) electrons. The first-order valence-electron chi connectivity index (χ1n) is 8.82. The van der Waals surface area contributed by atoms with E-state index in [1.807, 2.05) is 6.92 Å². The zero-order valence-corrected chi connectivity index (χ0v) is 16.7. The lowest BCUT2D eigenvalue weighted by atomic mass is 9.98. The van der Waals surface area contributed by atoms with Crippen molar-refractivity contribution in [2.45, 2.75) is 38.1 Å². The summed E-state index contributed by atoms with van der Waals surface area (Å²) in [4.78, 5) is 17.0. The maximum Gasteiger partial charge on any atom is 0.511 e. The first kappa shape index (κ1) is 21.0. The van der Waals surface area contributed by atoms with Gasteiger partial charge in [-0.05, 0) is 25.2 Å². The molecular formula is C15H20F3N5O3S2. The first-order chi connectivity index (χ1) is 13.1. The van der Waals surface area contributed by atoms with Crippen molar-refractivity contribution in [3.8, 4) is 0 Å². The number of aryl methyl sites for hydroxylation is 1. The van der Waals surface area contributed by atoms with Crippen LogP contribution >= 0.6 is 11.3 Å². The largest absolute Gasteiger partial charge is 0.511 e. The Balaban J connectivity index is 1.60. The maximum absolute atomic E-state index is 12.6. The van der Waals surface area contributed by atoms with Crippen LogP contribution in [-0.2, 0) is 16.4 Å². The predicted molar refractivity (Wildman–Crippen MR) is 98.9 cm³/mol. The van der Waals surface area contributed by atoms with Crippen molar-refractivity contribution in [2.75, 3.05) is 25.0 Å². The highest BCUT2D eigenvalue weighted by molar-refractivity contribution is 7.90. The zero-order chi connectivity index (χ0) is 20.5. The number of nitrogens with one attached hydrogen (secondary N) is 1. The standard InChI is InChI=1S/C15H20F3N5O3S2/c1-2-3-11-8-12(24)23-14(20-11)27-13(21-23)19-9-10-4-6-22(7-5-10)28(25,26)15(16,17)18/h8,10H,2-7,9H2,1H3,(H,19,21). The van der Waals surface area contributed by atoms with Crippen LogP contribution in [0.3, 0.4) is 0 Å². The fraction of sp³-hybridized carbons (Fsp3) is 0.667. The lowest BCUT2D eigenvalue weighted by Crippen LogP contribution is -2.45. The molecule has 1 aliphatic rings. The number of rotatable bonds is 6. The van der Waals surface area contributed by atoms with Gasteiger partial charge in [-0.1, -0.05) is 24.7 Å². The van der Waals surface area contributed by atoms with E-state index in [1.54, 1.807) is 0 Å². The Morgan fingerprint density at radius 2 is 2.00 bits per heavy atom. The smallest absolute Gasteiger partial charge is 0.360 e. The average molecular weight is 439 g/mol. The second-order valence-electron chi connectivity index (χ2n) is 6.61. The van der Waals surface area contributed by atoms with Crippen LogP contribution in [0.15, 0.2) is 10.9 Å². The third-order valence-electron chi connectivity index (χ3n) is 4.55. The third kappa shape index (κ3) is 4.30. The molecule has 2 aromatic rings. The summed E-state index contributed by atoms with van der Waals surface area (Å²) >= 11 is 1.22. The highest BCUT2D eigenvalue weighted by atomic mass is 32.2. The lowest BCUT2D eigenvalue weighted by molar-refractivity contribution is -0.0496. The minimum absolute atomic E-state index is 0.00651. The number of piperidine rings is 1. The molecule has 28 heavy (non-hydrogen) atoms. The van der Waals surface area contributed by atoms with Gasteiger partial charge in [-0.15, -0.1) is 5.10 Å². The van der Waals surface area contributed by atoms with Gasteiger partial charge < -0.3 is 5.32 Å². The van der Waals surface area contributed by atoms with Gasteiger partial charge in [0.25, 0.3) is 5.56 Å². The van der Waals surface area contributed by atoms with Crippen molar-refractivity contribution in [3.63, 3.8) is 0 Å². The second-order valence-corrected chi connectivity index (χ2v) is 9.50. The van der Waals surface area contributed by atoms with Gasteiger partial charge in [0.05, 0.1) is 0 Å². The topological polar surface area (TPSA) is 96.7 Å². The number of fused-ring (bicyclic) bond motifs is 1. The van der Waals surface area contributed by atoms with Gasteiger partial charge in [0, 0.05) is 31.4 Å². The molecule has 0 unspecified atom stereocenters. The molecule has 1 N–H and O–H groups in total. The lowest BCUT2D eigenvalue weighted by Gasteiger charge is -2.31. The van der Waals surface area contributed by atoms with Crippen LogP contribution in [0, 0.1) is 5.92 Å². The molecule has 8 nitrogen and oxygen atoms in total. The molecule has 0 amide bonds. The number of nitrogens with zero attached hydrogens (tertiary/aromatic N) is 4. The van der Waals surface area contributed by atoms with Gasteiger partial charge in [-0.2, -0.15) is 22.0 Å². The quantitative estimate of drug-likeness (QED) is 0.740. The number of aromatic nitrogens is 3. The first-order valence-corrected chi connectivity index (χ1v) is 11.1. The number of hydrogen-bond acceptors (Lipinski definition) is 7. The van der Waals surface area contributed by atoms with Crippen LogP contribution in [0.25, 0.3) is 4.96 Å². The normalized spacial score (nSPS) is 17.3. The van der Waals surface area contributed by atoms with E-state index < -0.39 is 15.5 Å². The van der Waals surface area contributed by atoms with Crippen LogP contribution < -0.4 is 10.9 Å². The van der Waals surface area contributed by atoms with E-state index in [1.165, 1.54) is 21.9 Å². The Kier molecular flexibility index (Phi) is 5.96.